The highest BCUT2D eigenvalue weighted by Gasteiger charge is 2.26. The van der Waals surface area contributed by atoms with Crippen molar-refractivity contribution in [3.63, 3.8) is 0 Å². The zero-order chi connectivity index (χ0) is 84.5. The molecule has 9 aromatic carbocycles. The van der Waals surface area contributed by atoms with E-state index in [9.17, 15) is 68.6 Å². The van der Waals surface area contributed by atoms with Crippen molar-refractivity contribution >= 4 is 131 Å². The Balaban J connectivity index is 0.000000177. The highest BCUT2D eigenvalue weighted by molar-refractivity contribution is 9.10. The number of aromatic nitrogens is 6. The number of methoxy groups -OCH3 is 3. The van der Waals surface area contributed by atoms with Gasteiger partial charge < -0.3 is 37.5 Å². The number of hydrogen-bond acceptors (Lipinski definition) is 23. The Kier molecular flexibility index (Phi) is 28.7. The number of rotatable bonds is 19. The van der Waals surface area contributed by atoms with E-state index in [0.717, 1.165) is 24.3 Å². The molecule has 0 amide bonds. The maximum Gasteiger partial charge on any atom is 0.569 e. The minimum Gasteiger partial charge on any atom is -0.537 e. The summed E-state index contributed by atoms with van der Waals surface area (Å²) in [5, 5.41) is 50.3. The molecule has 0 aliphatic heterocycles. The molecule has 1 N–H and O–H groups in total. The summed E-state index contributed by atoms with van der Waals surface area (Å²) in [6, 6.07) is 53.0. The predicted octanol–water partition coefficient (Wildman–Crippen LogP) is 16.3. The summed E-state index contributed by atoms with van der Waals surface area (Å²) in [5.41, 5.74) is 3.84. The molecule has 0 aliphatic rings. The van der Waals surface area contributed by atoms with Crippen LogP contribution >= 0.6 is 60.6 Å². The number of nitriles is 3. The topological polar surface area (TPSA) is 375 Å². The molecule has 1 radical (unpaired) electrons. The standard InChI is InChI=1S/2C27H17ClFN3O5S.C21H14BrN3O5S.C6H4BClFO2.CH4.H3P/c2*1-36-26-13-23(17-8-19(28)12-20(29)9-17)18(14-30)11-25(26)32-24-4-3-22(10-16(24)2-5-27(32)33)38(34,35)15-21-6-7-37-31-21;1-29-20-10-17(22)14(11-23)9-19(20)25-18-4-3-16(8-13(18)2-5-21(25)26)31(27,28)12-15-6-7-30-24-15;8-4-1-5(9)3-6(2-4)11-7-10;;/h2*2-13H,15H2,1H3;2-10H,12H2,1H3;1-3,10H;1H4;1H3. The Morgan fingerprint density at radius 3 is 1.07 bits per heavy atom. The lowest BCUT2D eigenvalue weighted by Gasteiger charge is -2.17. The molecule has 0 aliphatic carbocycles. The summed E-state index contributed by atoms with van der Waals surface area (Å²) in [7, 11) is -6.45. The van der Waals surface area contributed by atoms with E-state index in [1.54, 1.807) is 24.3 Å². The van der Waals surface area contributed by atoms with E-state index in [0.29, 0.717) is 89.8 Å². The number of ether oxygens (including phenoxy) is 3. The lowest BCUT2D eigenvalue weighted by atomic mass is 9.98. The molecule has 6 heterocycles. The van der Waals surface area contributed by atoms with Crippen molar-refractivity contribution in [3.8, 4) is 80.5 Å². The molecule has 120 heavy (non-hydrogen) atoms. The predicted molar refractivity (Wildman–Crippen MR) is 451 cm³/mol. The lowest BCUT2D eigenvalue weighted by Crippen LogP contribution is -2.18. The van der Waals surface area contributed by atoms with Gasteiger partial charge in [-0.1, -0.05) is 57.7 Å². The van der Waals surface area contributed by atoms with E-state index < -0.39 is 58.1 Å². The number of sulfone groups is 3. The van der Waals surface area contributed by atoms with Crippen LogP contribution in [0, 0.1) is 51.4 Å². The molecule has 38 heteroatoms. The van der Waals surface area contributed by atoms with Crippen LogP contribution in [0.1, 0.15) is 41.2 Å². The minimum absolute atomic E-state index is 0. The van der Waals surface area contributed by atoms with Crippen LogP contribution in [0.5, 0.6) is 23.0 Å². The van der Waals surface area contributed by atoms with Crippen LogP contribution in [-0.2, 0) is 46.8 Å². The van der Waals surface area contributed by atoms with Crippen molar-refractivity contribution < 1.29 is 75.9 Å². The third kappa shape index (κ3) is 20.2. The molecule has 1 unspecified atom stereocenters. The van der Waals surface area contributed by atoms with E-state index in [1.807, 2.05) is 0 Å². The number of benzene rings is 9. The molecular formula is C82H59BBrCl3F3N9O17PS3. The van der Waals surface area contributed by atoms with Gasteiger partial charge in [0.2, 0.25) is 0 Å². The van der Waals surface area contributed by atoms with E-state index >= 15 is 0 Å². The van der Waals surface area contributed by atoms with Crippen LogP contribution in [0.4, 0.5) is 13.2 Å². The summed E-state index contributed by atoms with van der Waals surface area (Å²) in [6.07, 6.45) is 3.90. The Morgan fingerprint density at radius 2 is 0.767 bits per heavy atom. The van der Waals surface area contributed by atoms with Gasteiger partial charge in [-0.2, -0.15) is 25.7 Å². The maximum absolute atomic E-state index is 14.0. The first-order valence-electron chi connectivity index (χ1n) is 33.8. The van der Waals surface area contributed by atoms with Crippen molar-refractivity contribution in [2.24, 2.45) is 0 Å². The van der Waals surface area contributed by atoms with Crippen molar-refractivity contribution in [1.82, 2.24) is 29.2 Å². The van der Waals surface area contributed by atoms with Gasteiger partial charge in [-0.25, -0.2) is 38.4 Å². The molecule has 0 saturated heterocycles. The van der Waals surface area contributed by atoms with Crippen LogP contribution in [0.3, 0.4) is 0 Å². The van der Waals surface area contributed by atoms with Crippen LogP contribution < -0.4 is 35.5 Å². The normalized spacial score (nSPS) is 11.0. The van der Waals surface area contributed by atoms with Gasteiger partial charge in [-0.05, 0) is 185 Å². The Labute approximate surface area is 708 Å². The first kappa shape index (κ1) is 89.7. The van der Waals surface area contributed by atoms with Gasteiger partial charge in [0.05, 0.1) is 116 Å². The highest BCUT2D eigenvalue weighted by Crippen LogP contribution is 2.39. The monoisotopic (exact) mass is 1820 g/mol. The van der Waals surface area contributed by atoms with E-state index in [1.165, 1.54) is 205 Å². The molecule has 15 rings (SSSR count). The van der Waals surface area contributed by atoms with Gasteiger partial charge in [0.1, 0.15) is 82.6 Å². The van der Waals surface area contributed by atoms with Crippen molar-refractivity contribution in [1.29, 1.82) is 15.8 Å². The molecule has 0 saturated carbocycles. The molecular weight excluding hydrogens is 1760 g/mol. The first-order valence-corrected chi connectivity index (χ1v) is 40.7. The quantitative estimate of drug-likeness (QED) is 0.0580. The van der Waals surface area contributed by atoms with Gasteiger partial charge in [-0.15, -0.1) is 0 Å². The third-order valence-corrected chi connectivity index (χ3v) is 23.8. The molecule has 609 valence electrons. The molecule has 6 aromatic heterocycles. The third-order valence-electron chi connectivity index (χ3n) is 17.5. The van der Waals surface area contributed by atoms with Gasteiger partial charge in [0, 0.05) is 89.3 Å². The Morgan fingerprint density at radius 1 is 0.442 bits per heavy atom. The lowest BCUT2D eigenvalue weighted by molar-refractivity contribution is 0.412. The van der Waals surface area contributed by atoms with Crippen molar-refractivity contribution in [2.75, 3.05) is 21.3 Å². The number of nitrogens with zero attached hydrogens (tertiary/aromatic N) is 9. The summed E-state index contributed by atoms with van der Waals surface area (Å²) in [6.45, 7) is 0. The summed E-state index contributed by atoms with van der Waals surface area (Å²) >= 11 is 20.8. The van der Waals surface area contributed by atoms with Gasteiger partial charge >= 0.3 is 7.69 Å². The van der Waals surface area contributed by atoms with Gasteiger partial charge in [0.25, 0.3) is 16.7 Å². The fourth-order valence-electron chi connectivity index (χ4n) is 12.3. The SMILES string of the molecule is C.COc1cc(-c2cc(F)cc(Cl)c2)c(C#N)cc1-n1c(=O)ccc2cc(S(=O)(=O)Cc3ccon3)ccc21.COc1cc(-c2cc(F)cc(Cl)c2)c(C#N)cc1-n1c(=O)ccc2cc(S(=O)(=O)Cc3ccon3)ccc21.COc1cc(Br)c(C#N)cc1-n1c(=O)ccc2cc(S(=O)(=O)Cc3ccon3)ccc21.O[B]Oc1cc(F)cc(Cl)c1.P. The van der Waals surface area contributed by atoms with Gasteiger partial charge in [0.15, 0.2) is 29.5 Å². The molecule has 0 fully saturated rings. The average Bonchev–Trinajstić information content (AvgIpc) is 0.905. The zero-order valence-electron chi connectivity index (χ0n) is 61.6. The fraction of sp³-hybridized carbons (Fsp3) is 0.0854. The van der Waals surface area contributed by atoms with E-state index in [2.05, 4.69) is 54.3 Å². The second-order valence-corrected chi connectivity index (χ2v) is 33.2. The average molecular weight is 1820 g/mol. The molecule has 0 spiro atoms. The molecule has 1 atom stereocenters. The minimum atomic E-state index is -3.75. The first-order chi connectivity index (χ1) is 56.4. The van der Waals surface area contributed by atoms with Crippen LogP contribution in [0.25, 0.3) is 72.0 Å². The molecule has 26 nitrogen and oxygen atoms in total. The Hall–Kier alpha value is -12.6. The van der Waals surface area contributed by atoms with Gasteiger partial charge in [-0.3, -0.25) is 28.1 Å². The largest absolute Gasteiger partial charge is 0.569 e. The highest BCUT2D eigenvalue weighted by atomic mass is 79.9. The Bertz CT molecular complexity index is 6800. The van der Waals surface area contributed by atoms with Crippen molar-refractivity contribution in [2.45, 2.75) is 39.4 Å². The number of hydrogen-bond donors (Lipinski definition) is 1. The number of fused-ring (bicyclic) bond motifs is 3. The number of pyridine rings is 3. The maximum atomic E-state index is 14.0. The van der Waals surface area contributed by atoms with Crippen LogP contribution in [0.15, 0.2) is 266 Å². The smallest absolute Gasteiger partial charge is 0.537 e. The van der Waals surface area contributed by atoms with E-state index in [4.69, 9.17) is 67.6 Å². The molecule has 0 bridgehead atoms. The second-order valence-electron chi connectivity index (χ2n) is 25.1. The van der Waals surface area contributed by atoms with E-state index in [-0.39, 0.29) is 121 Å². The zero-order valence-corrected chi connectivity index (χ0v) is 69.3. The second kappa shape index (κ2) is 38.4. The van der Waals surface area contributed by atoms with Crippen LogP contribution in [0.2, 0.25) is 15.1 Å². The summed E-state index contributed by atoms with van der Waals surface area (Å²) in [4.78, 5) is 39.1. The van der Waals surface area contributed by atoms with Crippen LogP contribution in [-0.4, -0.2) is 88.5 Å². The fourth-order valence-corrected chi connectivity index (χ4v) is 17.2. The molecule has 15 aromatic rings. The summed E-state index contributed by atoms with van der Waals surface area (Å²) < 4.78 is 158. The summed E-state index contributed by atoms with van der Waals surface area (Å²) in [5.74, 6) is -1.64. The van der Waals surface area contributed by atoms with Crippen molar-refractivity contribution in [3.05, 3.63) is 321 Å². The number of halogens is 7.